The Morgan fingerprint density at radius 3 is 3.08 bits per heavy atom. The van der Waals surface area contributed by atoms with E-state index >= 15 is 0 Å². The highest BCUT2D eigenvalue weighted by Crippen LogP contribution is 2.09. The van der Waals surface area contributed by atoms with Crippen LogP contribution in [0.1, 0.15) is 5.56 Å². The Balaban J connectivity index is 2.28. The summed E-state index contributed by atoms with van der Waals surface area (Å²) in [6.45, 7) is 1.04. The van der Waals surface area contributed by atoms with Gasteiger partial charge in [0.25, 0.3) is 0 Å². The monoisotopic (exact) mass is 174 g/mol. The van der Waals surface area contributed by atoms with Gasteiger partial charge >= 0.3 is 0 Å². The maximum Gasteiger partial charge on any atom is 0.0452 e. The standard InChI is InChI=1S/C11H14N2/c1-12-6-5-10-8-11-4-2-3-7-13(11)9-10/h2-4,7-9,12H,5-6H2,1H3. The van der Waals surface area contributed by atoms with Crippen molar-refractivity contribution in [3.63, 3.8) is 0 Å². The van der Waals surface area contributed by atoms with Crippen LogP contribution in [0.3, 0.4) is 0 Å². The predicted octanol–water partition coefficient (Wildman–Crippen LogP) is 1.70. The predicted molar refractivity (Wildman–Crippen MR) is 55.0 cm³/mol. The second-order valence-corrected chi connectivity index (χ2v) is 3.23. The van der Waals surface area contributed by atoms with Crippen LogP contribution in [0.2, 0.25) is 0 Å². The Kier molecular flexibility index (Phi) is 2.32. The van der Waals surface area contributed by atoms with Crippen LogP contribution in [-0.4, -0.2) is 18.0 Å². The van der Waals surface area contributed by atoms with Gasteiger partial charge < -0.3 is 9.72 Å². The molecule has 0 saturated carbocycles. The molecule has 2 rings (SSSR count). The molecule has 13 heavy (non-hydrogen) atoms. The van der Waals surface area contributed by atoms with Crippen molar-refractivity contribution in [1.29, 1.82) is 0 Å². The lowest BCUT2D eigenvalue weighted by Crippen LogP contribution is -2.09. The minimum absolute atomic E-state index is 1.04. The molecule has 2 heteroatoms. The molecule has 2 nitrogen and oxygen atoms in total. The Bertz CT molecular complexity index is 357. The molecule has 0 radical (unpaired) electrons. The zero-order chi connectivity index (χ0) is 9.10. The highest BCUT2D eigenvalue weighted by Gasteiger charge is 1.96. The molecule has 0 aliphatic rings. The molecule has 0 aliphatic carbocycles. The summed E-state index contributed by atoms with van der Waals surface area (Å²) in [6.07, 6.45) is 5.36. The maximum absolute atomic E-state index is 3.15. The first-order valence-electron chi connectivity index (χ1n) is 4.60. The SMILES string of the molecule is CNCCc1cc2ccccn2c1. The highest BCUT2D eigenvalue weighted by molar-refractivity contribution is 5.50. The smallest absolute Gasteiger partial charge is 0.0452 e. The van der Waals surface area contributed by atoms with Crippen LogP contribution in [0.4, 0.5) is 0 Å². The van der Waals surface area contributed by atoms with Gasteiger partial charge in [-0.1, -0.05) is 6.07 Å². The minimum atomic E-state index is 1.04. The van der Waals surface area contributed by atoms with E-state index in [1.807, 2.05) is 7.05 Å². The largest absolute Gasteiger partial charge is 0.324 e. The molecule has 0 fully saturated rings. The van der Waals surface area contributed by atoms with E-state index in [0.717, 1.165) is 13.0 Å². The third-order valence-electron chi connectivity index (χ3n) is 2.22. The number of hydrogen-bond acceptors (Lipinski definition) is 1. The average molecular weight is 174 g/mol. The lowest BCUT2D eigenvalue weighted by atomic mass is 10.2. The summed E-state index contributed by atoms with van der Waals surface area (Å²) < 4.78 is 2.16. The molecule has 2 heterocycles. The van der Waals surface area contributed by atoms with Crippen molar-refractivity contribution in [3.8, 4) is 0 Å². The van der Waals surface area contributed by atoms with E-state index in [-0.39, 0.29) is 0 Å². The zero-order valence-corrected chi connectivity index (χ0v) is 7.83. The number of pyridine rings is 1. The minimum Gasteiger partial charge on any atom is -0.324 e. The summed E-state index contributed by atoms with van der Waals surface area (Å²) >= 11 is 0. The molecule has 0 amide bonds. The summed E-state index contributed by atoms with van der Waals surface area (Å²) in [5.41, 5.74) is 2.66. The third-order valence-corrected chi connectivity index (χ3v) is 2.22. The van der Waals surface area contributed by atoms with Crippen molar-refractivity contribution in [1.82, 2.24) is 9.72 Å². The van der Waals surface area contributed by atoms with Crippen LogP contribution in [0, 0.1) is 0 Å². The van der Waals surface area contributed by atoms with E-state index in [4.69, 9.17) is 0 Å². The Morgan fingerprint density at radius 1 is 1.38 bits per heavy atom. The molecular weight excluding hydrogens is 160 g/mol. The molecule has 0 aromatic carbocycles. The van der Waals surface area contributed by atoms with Crippen LogP contribution in [-0.2, 0) is 6.42 Å². The van der Waals surface area contributed by atoms with Crippen molar-refractivity contribution >= 4 is 5.52 Å². The quantitative estimate of drug-likeness (QED) is 0.749. The van der Waals surface area contributed by atoms with Crippen LogP contribution < -0.4 is 5.32 Å². The first-order valence-corrected chi connectivity index (χ1v) is 4.60. The first kappa shape index (κ1) is 8.32. The number of rotatable bonds is 3. The van der Waals surface area contributed by atoms with Crippen molar-refractivity contribution < 1.29 is 0 Å². The molecule has 0 unspecified atom stereocenters. The van der Waals surface area contributed by atoms with E-state index < -0.39 is 0 Å². The molecule has 0 spiro atoms. The van der Waals surface area contributed by atoms with Gasteiger partial charge in [0.05, 0.1) is 0 Å². The fraction of sp³-hybridized carbons (Fsp3) is 0.273. The van der Waals surface area contributed by atoms with Gasteiger partial charge in [-0.3, -0.25) is 0 Å². The fourth-order valence-electron chi connectivity index (χ4n) is 1.52. The number of likely N-dealkylation sites (N-methyl/N-ethyl adjacent to an activating group) is 1. The number of fused-ring (bicyclic) bond motifs is 1. The van der Waals surface area contributed by atoms with Gasteiger partial charge in [0, 0.05) is 17.9 Å². The fourth-order valence-corrected chi connectivity index (χ4v) is 1.52. The van der Waals surface area contributed by atoms with Gasteiger partial charge in [-0.2, -0.15) is 0 Å². The average Bonchev–Trinajstić information content (AvgIpc) is 2.57. The summed E-state index contributed by atoms with van der Waals surface area (Å²) in [5.74, 6) is 0. The lowest BCUT2D eigenvalue weighted by Gasteiger charge is -1.93. The number of aromatic nitrogens is 1. The van der Waals surface area contributed by atoms with Gasteiger partial charge in [0.2, 0.25) is 0 Å². The van der Waals surface area contributed by atoms with E-state index in [1.165, 1.54) is 11.1 Å². The van der Waals surface area contributed by atoms with Gasteiger partial charge in [-0.05, 0) is 43.8 Å². The van der Waals surface area contributed by atoms with Crippen LogP contribution in [0.5, 0.6) is 0 Å². The highest BCUT2D eigenvalue weighted by atomic mass is 14.9. The first-order chi connectivity index (χ1) is 6.40. The van der Waals surface area contributed by atoms with E-state index in [0.29, 0.717) is 0 Å². The van der Waals surface area contributed by atoms with Crippen LogP contribution >= 0.6 is 0 Å². The van der Waals surface area contributed by atoms with E-state index in [2.05, 4.69) is 46.4 Å². The Morgan fingerprint density at radius 2 is 2.31 bits per heavy atom. The van der Waals surface area contributed by atoms with E-state index in [1.54, 1.807) is 0 Å². The molecular formula is C11H14N2. The second-order valence-electron chi connectivity index (χ2n) is 3.23. The zero-order valence-electron chi connectivity index (χ0n) is 7.83. The van der Waals surface area contributed by atoms with Crippen molar-refractivity contribution in [2.75, 3.05) is 13.6 Å². The molecule has 0 atom stereocenters. The summed E-state index contributed by atoms with van der Waals surface area (Å²) in [6, 6.07) is 8.48. The molecule has 68 valence electrons. The van der Waals surface area contributed by atoms with Gasteiger partial charge in [-0.25, -0.2) is 0 Å². The summed E-state index contributed by atoms with van der Waals surface area (Å²) in [4.78, 5) is 0. The topological polar surface area (TPSA) is 16.4 Å². The maximum atomic E-state index is 3.15. The number of hydrogen-bond donors (Lipinski definition) is 1. The second kappa shape index (κ2) is 3.62. The van der Waals surface area contributed by atoms with Gasteiger partial charge in [0.15, 0.2) is 0 Å². The van der Waals surface area contributed by atoms with Crippen LogP contribution in [0.25, 0.3) is 5.52 Å². The van der Waals surface area contributed by atoms with Crippen molar-refractivity contribution in [2.45, 2.75) is 6.42 Å². The molecule has 0 aliphatic heterocycles. The molecule has 2 aromatic rings. The molecule has 0 bridgehead atoms. The lowest BCUT2D eigenvalue weighted by molar-refractivity contribution is 0.792. The normalized spacial score (nSPS) is 10.8. The Labute approximate surface area is 78.2 Å². The Hall–Kier alpha value is -1.28. The van der Waals surface area contributed by atoms with Gasteiger partial charge in [-0.15, -0.1) is 0 Å². The van der Waals surface area contributed by atoms with Crippen molar-refractivity contribution in [3.05, 3.63) is 42.2 Å². The summed E-state index contributed by atoms with van der Waals surface area (Å²) in [5, 5.41) is 3.15. The third kappa shape index (κ3) is 1.73. The van der Waals surface area contributed by atoms with Crippen molar-refractivity contribution in [2.24, 2.45) is 0 Å². The molecule has 2 aromatic heterocycles. The van der Waals surface area contributed by atoms with Gasteiger partial charge in [0.1, 0.15) is 0 Å². The number of nitrogens with zero attached hydrogens (tertiary/aromatic N) is 1. The molecule has 1 N–H and O–H groups in total. The molecule has 0 saturated heterocycles. The van der Waals surface area contributed by atoms with Crippen LogP contribution in [0.15, 0.2) is 36.7 Å². The van der Waals surface area contributed by atoms with E-state index in [9.17, 15) is 0 Å². The number of nitrogens with one attached hydrogen (secondary N) is 1. The summed E-state index contributed by atoms with van der Waals surface area (Å²) in [7, 11) is 1.98.